The van der Waals surface area contributed by atoms with Crippen LogP contribution in [0.25, 0.3) is 0 Å². The summed E-state index contributed by atoms with van der Waals surface area (Å²) in [5.41, 5.74) is -1.98. The Morgan fingerprint density at radius 2 is 1.83 bits per heavy atom. The Morgan fingerprint density at radius 3 is 2.37 bits per heavy atom. The number of carbonyl (C=O) groups is 1. The largest absolute Gasteiger partial charge is 0.476 e. The number of halogens is 3. The fourth-order valence-corrected chi connectivity index (χ4v) is 3.20. The molecular formula is C19H23F3N4O4. The molecule has 3 rings (SSSR count). The molecule has 30 heavy (non-hydrogen) atoms. The van der Waals surface area contributed by atoms with Crippen LogP contribution in [-0.4, -0.2) is 52.1 Å². The van der Waals surface area contributed by atoms with E-state index < -0.39 is 29.0 Å². The van der Waals surface area contributed by atoms with Gasteiger partial charge in [-0.2, -0.15) is 18.3 Å². The van der Waals surface area contributed by atoms with Gasteiger partial charge in [0, 0.05) is 18.7 Å². The van der Waals surface area contributed by atoms with Gasteiger partial charge in [-0.15, -0.1) is 0 Å². The van der Waals surface area contributed by atoms with Crippen molar-refractivity contribution in [3.8, 4) is 11.6 Å². The summed E-state index contributed by atoms with van der Waals surface area (Å²) in [5.74, 6) is -1.89. The molecule has 3 heterocycles. The number of carboxylic acids is 1. The van der Waals surface area contributed by atoms with Gasteiger partial charge in [0.1, 0.15) is 5.56 Å². The van der Waals surface area contributed by atoms with Crippen LogP contribution in [0.1, 0.15) is 42.4 Å². The first kappa shape index (κ1) is 21.9. The molecule has 1 saturated heterocycles. The van der Waals surface area contributed by atoms with Crippen LogP contribution in [0.5, 0.6) is 11.6 Å². The number of ether oxygens (including phenoxy) is 2. The number of pyridine rings is 1. The third-order valence-electron chi connectivity index (χ3n) is 4.64. The maximum Gasteiger partial charge on any atom is 0.422 e. The van der Waals surface area contributed by atoms with E-state index in [9.17, 15) is 23.1 Å². The lowest BCUT2D eigenvalue weighted by molar-refractivity contribution is -0.138. The lowest BCUT2D eigenvalue weighted by Crippen LogP contribution is -2.37. The number of carboxylic acid groups (broad SMARTS) is 1. The maximum absolute atomic E-state index is 14.1. The van der Waals surface area contributed by atoms with Crippen LogP contribution in [0.4, 0.5) is 18.9 Å². The number of rotatable bonds is 4. The molecule has 0 atom stereocenters. The number of anilines is 1. The van der Waals surface area contributed by atoms with Crippen molar-refractivity contribution in [3.63, 3.8) is 0 Å². The SMILES string of the molecule is Cc1c(C(=O)O)nn(C(C)(C)C)c1Oc1cncc(N2CCOCC2)c1C(F)(F)F. The molecule has 1 N–H and O–H groups in total. The summed E-state index contributed by atoms with van der Waals surface area (Å²) in [6.07, 6.45) is -2.59. The molecule has 0 spiro atoms. The van der Waals surface area contributed by atoms with Gasteiger partial charge in [-0.1, -0.05) is 0 Å². The van der Waals surface area contributed by atoms with Gasteiger partial charge in [0.05, 0.1) is 36.8 Å². The zero-order chi connectivity index (χ0) is 22.3. The highest BCUT2D eigenvalue weighted by Gasteiger charge is 2.40. The zero-order valence-corrected chi connectivity index (χ0v) is 17.1. The zero-order valence-electron chi connectivity index (χ0n) is 17.1. The Morgan fingerprint density at radius 1 is 1.20 bits per heavy atom. The normalized spacial score (nSPS) is 15.4. The van der Waals surface area contributed by atoms with Crippen LogP contribution in [0, 0.1) is 6.92 Å². The molecular weight excluding hydrogens is 405 g/mol. The van der Waals surface area contributed by atoms with Crippen LogP contribution in [-0.2, 0) is 16.5 Å². The summed E-state index contributed by atoms with van der Waals surface area (Å²) in [6, 6.07) is 0. The highest BCUT2D eigenvalue weighted by atomic mass is 19.4. The lowest BCUT2D eigenvalue weighted by Gasteiger charge is -2.31. The molecule has 164 valence electrons. The molecule has 0 aromatic carbocycles. The molecule has 1 aliphatic heterocycles. The Kier molecular flexibility index (Phi) is 5.68. The van der Waals surface area contributed by atoms with Gasteiger partial charge in [-0.3, -0.25) is 4.98 Å². The highest BCUT2D eigenvalue weighted by Crippen LogP contribution is 2.44. The van der Waals surface area contributed by atoms with Gasteiger partial charge >= 0.3 is 12.1 Å². The van der Waals surface area contributed by atoms with E-state index in [1.165, 1.54) is 11.6 Å². The Bertz CT molecular complexity index is 944. The van der Waals surface area contributed by atoms with Crippen LogP contribution in [0.3, 0.4) is 0 Å². The molecule has 0 aliphatic carbocycles. The monoisotopic (exact) mass is 428 g/mol. The minimum Gasteiger partial charge on any atom is -0.476 e. The number of morpholine rings is 1. The molecule has 0 amide bonds. The first-order valence-electron chi connectivity index (χ1n) is 9.30. The van der Waals surface area contributed by atoms with Crippen LogP contribution < -0.4 is 9.64 Å². The van der Waals surface area contributed by atoms with Gasteiger partial charge in [0.25, 0.3) is 0 Å². The second kappa shape index (κ2) is 7.78. The fraction of sp³-hybridized carbons (Fsp3) is 0.526. The van der Waals surface area contributed by atoms with Crippen LogP contribution in [0.2, 0.25) is 0 Å². The summed E-state index contributed by atoms with van der Waals surface area (Å²) in [5, 5.41) is 13.4. The number of hydrogen-bond acceptors (Lipinski definition) is 6. The van der Waals surface area contributed by atoms with E-state index in [1.54, 1.807) is 25.7 Å². The van der Waals surface area contributed by atoms with Gasteiger partial charge in [0.15, 0.2) is 11.4 Å². The quantitative estimate of drug-likeness (QED) is 0.794. The second-order valence-corrected chi connectivity index (χ2v) is 7.90. The van der Waals surface area contributed by atoms with Gasteiger partial charge < -0.3 is 19.5 Å². The Balaban J connectivity index is 2.15. The van der Waals surface area contributed by atoms with Gasteiger partial charge in [-0.05, 0) is 27.7 Å². The van der Waals surface area contributed by atoms with Crippen molar-refractivity contribution >= 4 is 11.7 Å². The molecule has 8 nitrogen and oxygen atoms in total. The van der Waals surface area contributed by atoms with Gasteiger partial charge in [-0.25, -0.2) is 9.48 Å². The van der Waals surface area contributed by atoms with Crippen LogP contribution in [0.15, 0.2) is 12.4 Å². The topological polar surface area (TPSA) is 89.7 Å². The van der Waals surface area contributed by atoms with E-state index in [0.717, 1.165) is 12.4 Å². The van der Waals surface area contributed by atoms with E-state index in [1.807, 2.05) is 0 Å². The maximum atomic E-state index is 14.1. The van der Waals surface area contributed by atoms with Gasteiger partial charge in [0.2, 0.25) is 5.88 Å². The standard InChI is InChI=1S/C19H23F3N4O4/c1-11-15(17(27)28)24-26(18(2,3)4)16(11)30-13-10-23-9-12(14(13)19(20,21)22)25-5-7-29-8-6-25/h9-10H,5-8H2,1-4H3,(H,27,28). The second-order valence-electron chi connectivity index (χ2n) is 7.90. The van der Waals surface area contributed by atoms with Crippen molar-refractivity contribution in [1.82, 2.24) is 14.8 Å². The average Bonchev–Trinajstić information content (AvgIpc) is 2.98. The predicted octanol–water partition coefficient (Wildman–Crippen LogP) is 3.69. The van der Waals surface area contributed by atoms with E-state index >= 15 is 0 Å². The summed E-state index contributed by atoms with van der Waals surface area (Å²) in [6.45, 7) is 7.86. The summed E-state index contributed by atoms with van der Waals surface area (Å²) in [4.78, 5) is 17.0. The minimum atomic E-state index is -4.72. The number of alkyl halides is 3. The van der Waals surface area contributed by atoms with Crippen molar-refractivity contribution in [2.45, 2.75) is 39.4 Å². The first-order valence-corrected chi connectivity index (χ1v) is 9.30. The molecule has 2 aromatic rings. The molecule has 0 bridgehead atoms. The summed E-state index contributed by atoms with van der Waals surface area (Å²) < 4.78 is 54.3. The Labute approximate surface area is 171 Å². The van der Waals surface area contributed by atoms with E-state index in [4.69, 9.17) is 9.47 Å². The molecule has 1 aliphatic rings. The molecule has 2 aromatic heterocycles. The first-order chi connectivity index (χ1) is 13.9. The fourth-order valence-electron chi connectivity index (χ4n) is 3.20. The van der Waals surface area contributed by atoms with E-state index in [0.29, 0.717) is 13.2 Å². The van der Waals surface area contributed by atoms with E-state index in [2.05, 4.69) is 10.1 Å². The summed E-state index contributed by atoms with van der Waals surface area (Å²) >= 11 is 0. The smallest absolute Gasteiger partial charge is 0.422 e. The number of nitrogens with zero attached hydrogens (tertiary/aromatic N) is 4. The predicted molar refractivity (Wildman–Crippen MR) is 101 cm³/mol. The third kappa shape index (κ3) is 4.20. The number of hydrogen-bond donors (Lipinski definition) is 1. The number of aromatic carboxylic acids is 1. The molecule has 1 fully saturated rings. The van der Waals surface area contributed by atoms with Crippen molar-refractivity contribution in [3.05, 3.63) is 29.2 Å². The molecule has 11 heteroatoms. The van der Waals surface area contributed by atoms with Crippen molar-refractivity contribution in [1.29, 1.82) is 0 Å². The highest BCUT2D eigenvalue weighted by molar-refractivity contribution is 5.87. The molecule has 0 saturated carbocycles. The lowest BCUT2D eigenvalue weighted by atomic mass is 10.1. The average molecular weight is 428 g/mol. The van der Waals surface area contributed by atoms with Crippen LogP contribution >= 0.6 is 0 Å². The number of aromatic nitrogens is 3. The van der Waals surface area contributed by atoms with Crippen molar-refractivity contribution < 1.29 is 32.5 Å². The van der Waals surface area contributed by atoms with E-state index in [-0.39, 0.29) is 35.9 Å². The molecule has 0 unspecified atom stereocenters. The van der Waals surface area contributed by atoms with Crippen molar-refractivity contribution in [2.24, 2.45) is 0 Å². The van der Waals surface area contributed by atoms with Crippen molar-refractivity contribution in [2.75, 3.05) is 31.2 Å². The third-order valence-corrected chi connectivity index (χ3v) is 4.64. The summed E-state index contributed by atoms with van der Waals surface area (Å²) in [7, 11) is 0. The molecule has 0 radical (unpaired) electrons. The Hall–Kier alpha value is -2.82. The minimum absolute atomic E-state index is 0.0775.